The Morgan fingerprint density at radius 2 is 1.47 bits per heavy atom. The first-order chi connectivity index (χ1) is 14.0. The number of rotatable bonds is 6. The molecule has 0 aromatic carbocycles. The van der Waals surface area contributed by atoms with E-state index in [1.54, 1.807) is 47.2 Å². The van der Waals surface area contributed by atoms with Crippen LogP contribution in [-0.4, -0.2) is 51.3 Å². The molecule has 4 aromatic rings. The van der Waals surface area contributed by atoms with Crippen molar-refractivity contribution >= 4 is 0 Å². The van der Waals surface area contributed by atoms with Crippen LogP contribution in [0.15, 0.2) is 37.2 Å². The molecular formula is C19H18N8O2Pt. The second-order valence-electron chi connectivity index (χ2n) is 6.73. The van der Waals surface area contributed by atoms with Crippen molar-refractivity contribution in [2.45, 2.75) is 25.9 Å². The summed E-state index contributed by atoms with van der Waals surface area (Å²) < 4.78 is 8.43. The Bertz CT molecular complexity index is 1050. The summed E-state index contributed by atoms with van der Waals surface area (Å²) in [7, 11) is 1.55. The zero-order valence-corrected chi connectivity index (χ0v) is 18.7. The van der Waals surface area contributed by atoms with E-state index in [0.29, 0.717) is 34.6 Å². The molecule has 0 saturated carbocycles. The number of aliphatic hydroxyl groups excluding tert-OH is 1. The minimum Gasteiger partial charge on any atom is -0.531 e. The summed E-state index contributed by atoms with van der Waals surface area (Å²) in [5.74, 6) is 1.54. The van der Waals surface area contributed by atoms with E-state index in [2.05, 4.69) is 32.6 Å². The van der Waals surface area contributed by atoms with E-state index >= 15 is 0 Å². The minimum absolute atomic E-state index is 0. The Morgan fingerprint density at radius 3 is 2.07 bits per heavy atom. The normalized spacial score (nSPS) is 11.2. The van der Waals surface area contributed by atoms with Crippen LogP contribution in [0.25, 0.3) is 11.6 Å². The number of aromatic nitrogens is 8. The van der Waals surface area contributed by atoms with Gasteiger partial charge in [-0.3, -0.25) is 19.9 Å². The molecule has 0 aliphatic carbocycles. The summed E-state index contributed by atoms with van der Waals surface area (Å²) in [5, 5.41) is 9.47. The van der Waals surface area contributed by atoms with Crippen molar-refractivity contribution in [3.05, 3.63) is 66.9 Å². The number of methoxy groups -OCH3 is 1. The van der Waals surface area contributed by atoms with Crippen LogP contribution in [0, 0.1) is 12.7 Å². The van der Waals surface area contributed by atoms with E-state index in [1.165, 1.54) is 6.20 Å². The van der Waals surface area contributed by atoms with E-state index in [1.807, 2.05) is 13.8 Å². The zero-order chi connectivity index (χ0) is 20.4. The third-order valence-corrected chi connectivity index (χ3v) is 4.57. The topological polar surface area (TPSA) is 117 Å². The van der Waals surface area contributed by atoms with Crippen molar-refractivity contribution in [3.8, 4) is 17.5 Å². The number of nitrogens with zero attached hydrogens (tertiary/aromatic N) is 8. The quantitative estimate of drug-likeness (QED) is 0.334. The van der Waals surface area contributed by atoms with Gasteiger partial charge in [0.25, 0.3) is 0 Å². The molecule has 156 valence electrons. The van der Waals surface area contributed by atoms with E-state index in [4.69, 9.17) is 14.7 Å². The van der Waals surface area contributed by atoms with Crippen molar-refractivity contribution in [1.29, 1.82) is 0 Å². The Kier molecular flexibility index (Phi) is 6.38. The smallest absolute Gasteiger partial charge is 0.531 e. The van der Waals surface area contributed by atoms with Gasteiger partial charge in [0.05, 0.1) is 41.4 Å². The van der Waals surface area contributed by atoms with Crippen LogP contribution >= 0.6 is 0 Å². The van der Waals surface area contributed by atoms with Crippen molar-refractivity contribution in [2.75, 3.05) is 7.11 Å². The van der Waals surface area contributed by atoms with Crippen LogP contribution in [0.4, 0.5) is 0 Å². The van der Waals surface area contributed by atoms with Crippen LogP contribution in [0.5, 0.6) is 5.88 Å². The number of hydrogen-bond acceptors (Lipinski definition) is 8. The largest absolute Gasteiger partial charge is 2.00 e. The summed E-state index contributed by atoms with van der Waals surface area (Å²) >= 11 is 0. The van der Waals surface area contributed by atoms with Crippen molar-refractivity contribution < 1.29 is 30.9 Å². The molecular weight excluding hydrogens is 567 g/mol. The van der Waals surface area contributed by atoms with Gasteiger partial charge >= 0.3 is 21.1 Å². The van der Waals surface area contributed by atoms with E-state index in [-0.39, 0.29) is 27.7 Å². The summed E-state index contributed by atoms with van der Waals surface area (Å²) in [6.45, 7) is 3.78. The molecule has 0 amide bonds. The fraction of sp³-hybridized carbons (Fsp3) is 0.263. The molecule has 0 bridgehead atoms. The Balaban J connectivity index is 0.00000256. The maximum absolute atomic E-state index is 9.47. The Labute approximate surface area is 187 Å². The van der Waals surface area contributed by atoms with Gasteiger partial charge in [-0.15, -0.1) is 0 Å². The zero-order valence-electron chi connectivity index (χ0n) is 16.4. The second-order valence-corrected chi connectivity index (χ2v) is 6.73. The molecule has 4 heterocycles. The van der Waals surface area contributed by atoms with E-state index < -0.39 is 5.41 Å². The van der Waals surface area contributed by atoms with Crippen LogP contribution < -0.4 is 4.74 Å². The summed E-state index contributed by atoms with van der Waals surface area (Å²) in [6.07, 6.45) is 15.2. The van der Waals surface area contributed by atoms with Gasteiger partial charge in [0.1, 0.15) is 0 Å². The summed E-state index contributed by atoms with van der Waals surface area (Å²) in [4.78, 5) is 25.9. The summed E-state index contributed by atoms with van der Waals surface area (Å²) in [6, 6.07) is 0. The summed E-state index contributed by atoms with van der Waals surface area (Å²) in [5.41, 5.74) is 1.31. The molecule has 30 heavy (non-hydrogen) atoms. The average molecular weight is 585 g/mol. The number of imidazole rings is 2. The fourth-order valence-corrected chi connectivity index (χ4v) is 2.81. The monoisotopic (exact) mass is 585 g/mol. The third kappa shape index (κ3) is 3.88. The first kappa shape index (κ1) is 21.7. The number of aliphatic hydroxyl groups is 1. The molecule has 0 aliphatic heterocycles. The second kappa shape index (κ2) is 8.81. The molecule has 0 fully saturated rings. The van der Waals surface area contributed by atoms with Crippen LogP contribution in [0.2, 0.25) is 0 Å². The van der Waals surface area contributed by atoms with Gasteiger partial charge in [-0.05, 0) is 20.0 Å². The van der Waals surface area contributed by atoms with Crippen molar-refractivity contribution in [1.82, 2.24) is 39.0 Å². The predicted molar refractivity (Wildman–Crippen MR) is 101 cm³/mol. The molecule has 0 spiro atoms. The predicted octanol–water partition coefficient (Wildman–Crippen LogP) is 1.06. The average Bonchev–Trinajstić information content (AvgIpc) is 3.43. The maximum Gasteiger partial charge on any atom is 2.00 e. The SMILES string of the molecule is COc1cn[c-]n1-c1cncc(C(C)(C)c2cncc(-n3[c-]ncc3CO)n2)n1.[Pt+2]. The molecule has 0 atom stereocenters. The number of ether oxygens (including phenoxy) is 1. The van der Waals surface area contributed by atoms with Gasteiger partial charge < -0.3 is 28.9 Å². The van der Waals surface area contributed by atoms with Crippen molar-refractivity contribution in [3.63, 3.8) is 0 Å². The van der Waals surface area contributed by atoms with Crippen molar-refractivity contribution in [2.24, 2.45) is 0 Å². The maximum atomic E-state index is 9.47. The first-order valence-electron chi connectivity index (χ1n) is 8.75. The van der Waals surface area contributed by atoms with Gasteiger partial charge in [-0.1, -0.05) is 11.9 Å². The van der Waals surface area contributed by atoms with E-state index in [0.717, 1.165) is 0 Å². The molecule has 4 rings (SSSR count). The van der Waals surface area contributed by atoms with Gasteiger partial charge in [0, 0.05) is 44.0 Å². The Hall–Kier alpha value is -2.97. The molecule has 0 saturated heterocycles. The minimum atomic E-state index is -0.611. The molecule has 4 aromatic heterocycles. The Morgan fingerprint density at radius 1 is 0.900 bits per heavy atom. The standard InChI is InChI=1S/C19H18N8O2.Pt/c1-19(2,14-5-20-7-16(24-14)26-11-22-4-13(26)10-28)15-6-21-8-17(25-15)27-12-23-9-18(27)29-3;/h4-9,28H,10H2,1-3H3;/q-2;+2. The van der Waals surface area contributed by atoms with Crippen LogP contribution in [0.1, 0.15) is 30.9 Å². The number of hydrogen-bond donors (Lipinski definition) is 1. The van der Waals surface area contributed by atoms with Gasteiger partial charge in [-0.2, -0.15) is 0 Å². The fourth-order valence-electron chi connectivity index (χ4n) is 2.81. The molecule has 11 heteroatoms. The first-order valence-corrected chi connectivity index (χ1v) is 8.75. The molecule has 10 nitrogen and oxygen atoms in total. The van der Waals surface area contributed by atoms with Gasteiger partial charge in [0.2, 0.25) is 0 Å². The van der Waals surface area contributed by atoms with E-state index in [9.17, 15) is 5.11 Å². The van der Waals surface area contributed by atoms with Gasteiger partial charge in [0.15, 0.2) is 0 Å². The van der Waals surface area contributed by atoms with Crippen LogP contribution in [0.3, 0.4) is 0 Å². The molecule has 1 N–H and O–H groups in total. The molecule has 0 radical (unpaired) electrons. The van der Waals surface area contributed by atoms with Crippen LogP contribution in [-0.2, 0) is 33.1 Å². The molecule has 0 aliphatic rings. The third-order valence-electron chi connectivity index (χ3n) is 4.57. The molecule has 0 unspecified atom stereocenters. The van der Waals surface area contributed by atoms with Gasteiger partial charge in [-0.25, -0.2) is 0 Å².